The van der Waals surface area contributed by atoms with Crippen LogP contribution in [-0.2, 0) is 6.42 Å². The second-order valence-electron chi connectivity index (χ2n) is 5.38. The Morgan fingerprint density at radius 3 is 2.50 bits per heavy atom. The van der Waals surface area contributed by atoms with E-state index in [1.165, 1.54) is 25.7 Å². The van der Waals surface area contributed by atoms with Crippen molar-refractivity contribution in [3.8, 4) is 11.5 Å². The van der Waals surface area contributed by atoms with Gasteiger partial charge in [-0.3, -0.25) is 0 Å². The minimum atomic E-state index is 0.254. The number of hydrogen-bond acceptors (Lipinski definition) is 3. The molecule has 1 aliphatic rings. The van der Waals surface area contributed by atoms with E-state index in [-0.39, 0.29) is 6.10 Å². The zero-order valence-electron chi connectivity index (χ0n) is 12.2. The van der Waals surface area contributed by atoms with Crippen molar-refractivity contribution < 1.29 is 9.47 Å². The van der Waals surface area contributed by atoms with Gasteiger partial charge in [0.15, 0.2) is 11.5 Å². The number of halogens is 1. The molecule has 1 aromatic rings. The lowest BCUT2D eigenvalue weighted by Crippen LogP contribution is -2.16. The highest BCUT2D eigenvalue weighted by Gasteiger charge is 2.19. The summed E-state index contributed by atoms with van der Waals surface area (Å²) in [7, 11) is 1.65. The normalized spacial score (nSPS) is 16.8. The van der Waals surface area contributed by atoms with E-state index < -0.39 is 0 Å². The van der Waals surface area contributed by atoms with Crippen LogP contribution in [0.25, 0.3) is 0 Å². The zero-order chi connectivity index (χ0) is 14.4. The highest BCUT2D eigenvalue weighted by Crippen LogP contribution is 2.38. The van der Waals surface area contributed by atoms with Gasteiger partial charge in [-0.15, -0.1) is 0 Å². The molecular weight excluding hydrogens is 274 g/mol. The largest absolute Gasteiger partial charge is 0.493 e. The van der Waals surface area contributed by atoms with Gasteiger partial charge in [-0.1, -0.05) is 24.4 Å². The molecular formula is C16H24ClNO2. The first kappa shape index (κ1) is 15.5. The molecule has 1 fully saturated rings. The molecule has 1 aliphatic carbocycles. The molecule has 20 heavy (non-hydrogen) atoms. The monoisotopic (exact) mass is 297 g/mol. The maximum Gasteiger partial charge on any atom is 0.180 e. The minimum absolute atomic E-state index is 0.254. The van der Waals surface area contributed by atoms with E-state index in [2.05, 4.69) is 0 Å². The van der Waals surface area contributed by atoms with Crippen LogP contribution in [0.4, 0.5) is 0 Å². The first-order chi connectivity index (χ1) is 9.74. The second kappa shape index (κ2) is 7.75. The van der Waals surface area contributed by atoms with E-state index in [1.807, 2.05) is 12.1 Å². The predicted octanol–water partition coefficient (Wildman–Crippen LogP) is 3.95. The Bertz CT molecular complexity index is 429. The molecule has 2 rings (SSSR count). The number of nitrogens with two attached hydrogens (primary N) is 1. The summed E-state index contributed by atoms with van der Waals surface area (Å²) in [6.07, 6.45) is 8.32. The van der Waals surface area contributed by atoms with E-state index in [4.69, 9.17) is 26.8 Å². The number of benzene rings is 1. The fraction of sp³-hybridized carbons (Fsp3) is 0.625. The van der Waals surface area contributed by atoms with Gasteiger partial charge in [0.1, 0.15) is 0 Å². The third kappa shape index (κ3) is 4.03. The van der Waals surface area contributed by atoms with Gasteiger partial charge in [-0.25, -0.2) is 0 Å². The fourth-order valence-corrected chi connectivity index (χ4v) is 3.00. The van der Waals surface area contributed by atoms with E-state index in [9.17, 15) is 0 Å². The highest BCUT2D eigenvalue weighted by molar-refractivity contribution is 6.32. The SMILES string of the molecule is COc1cc(CCN)cc(Cl)c1OC1CCCCCC1. The van der Waals surface area contributed by atoms with Crippen molar-refractivity contribution in [2.75, 3.05) is 13.7 Å². The molecule has 3 nitrogen and oxygen atoms in total. The lowest BCUT2D eigenvalue weighted by Gasteiger charge is -2.20. The van der Waals surface area contributed by atoms with Gasteiger partial charge in [0.25, 0.3) is 0 Å². The molecule has 0 aliphatic heterocycles. The lowest BCUT2D eigenvalue weighted by molar-refractivity contribution is 0.176. The van der Waals surface area contributed by atoms with Gasteiger partial charge in [-0.05, 0) is 56.3 Å². The van der Waals surface area contributed by atoms with Gasteiger partial charge < -0.3 is 15.2 Å². The third-order valence-corrected chi connectivity index (χ3v) is 4.09. The van der Waals surface area contributed by atoms with Crippen molar-refractivity contribution in [2.24, 2.45) is 5.73 Å². The molecule has 0 spiro atoms. The molecule has 0 saturated heterocycles. The summed E-state index contributed by atoms with van der Waals surface area (Å²) in [5.41, 5.74) is 6.68. The molecule has 0 radical (unpaired) electrons. The van der Waals surface area contributed by atoms with E-state index in [0.29, 0.717) is 23.1 Å². The molecule has 4 heteroatoms. The summed E-state index contributed by atoms with van der Waals surface area (Å²) in [6, 6.07) is 3.91. The number of hydrogen-bond donors (Lipinski definition) is 1. The predicted molar refractivity (Wildman–Crippen MR) is 82.9 cm³/mol. The molecule has 0 unspecified atom stereocenters. The molecule has 0 aromatic heterocycles. The van der Waals surface area contributed by atoms with Crippen molar-refractivity contribution in [1.82, 2.24) is 0 Å². The van der Waals surface area contributed by atoms with Crippen molar-refractivity contribution in [1.29, 1.82) is 0 Å². The third-order valence-electron chi connectivity index (χ3n) is 3.81. The summed E-state index contributed by atoms with van der Waals surface area (Å²) in [6.45, 7) is 0.600. The number of methoxy groups -OCH3 is 1. The van der Waals surface area contributed by atoms with E-state index >= 15 is 0 Å². The molecule has 0 atom stereocenters. The quantitative estimate of drug-likeness (QED) is 0.837. The lowest BCUT2D eigenvalue weighted by atomic mass is 10.1. The van der Waals surface area contributed by atoms with Gasteiger partial charge in [0.2, 0.25) is 0 Å². The first-order valence-electron chi connectivity index (χ1n) is 7.47. The van der Waals surface area contributed by atoms with E-state index in [0.717, 1.165) is 24.8 Å². The number of rotatable bonds is 5. The number of ether oxygens (including phenoxy) is 2. The smallest absolute Gasteiger partial charge is 0.180 e. The summed E-state index contributed by atoms with van der Waals surface area (Å²) in [4.78, 5) is 0. The Morgan fingerprint density at radius 2 is 1.90 bits per heavy atom. The maximum atomic E-state index is 6.36. The molecule has 112 valence electrons. The van der Waals surface area contributed by atoms with Crippen molar-refractivity contribution >= 4 is 11.6 Å². The van der Waals surface area contributed by atoms with Gasteiger partial charge in [0.05, 0.1) is 18.2 Å². The van der Waals surface area contributed by atoms with Crippen LogP contribution in [0, 0.1) is 0 Å². The van der Waals surface area contributed by atoms with Crippen LogP contribution in [0.2, 0.25) is 5.02 Å². The van der Waals surface area contributed by atoms with Crippen LogP contribution in [0.15, 0.2) is 12.1 Å². The Hall–Kier alpha value is -0.930. The molecule has 1 saturated carbocycles. The van der Waals surface area contributed by atoms with Crippen LogP contribution < -0.4 is 15.2 Å². The molecule has 0 bridgehead atoms. The average Bonchev–Trinajstić information content (AvgIpc) is 2.70. The minimum Gasteiger partial charge on any atom is -0.493 e. The molecule has 0 amide bonds. The topological polar surface area (TPSA) is 44.5 Å². The molecule has 0 heterocycles. The highest BCUT2D eigenvalue weighted by atomic mass is 35.5. The fourth-order valence-electron chi connectivity index (χ4n) is 2.73. The standard InChI is InChI=1S/C16H24ClNO2/c1-19-15-11-12(8-9-18)10-14(17)16(15)20-13-6-4-2-3-5-7-13/h10-11,13H,2-9,18H2,1H3. The van der Waals surface area contributed by atoms with Crippen LogP contribution in [0.3, 0.4) is 0 Å². The van der Waals surface area contributed by atoms with Gasteiger partial charge >= 0.3 is 0 Å². The van der Waals surface area contributed by atoms with Gasteiger partial charge in [-0.2, -0.15) is 0 Å². The Kier molecular flexibility index (Phi) is 5.99. The van der Waals surface area contributed by atoms with Crippen molar-refractivity contribution in [3.05, 3.63) is 22.7 Å². The van der Waals surface area contributed by atoms with Crippen LogP contribution in [0.1, 0.15) is 44.1 Å². The maximum absolute atomic E-state index is 6.36. The Morgan fingerprint density at radius 1 is 1.20 bits per heavy atom. The summed E-state index contributed by atoms with van der Waals surface area (Å²) < 4.78 is 11.6. The average molecular weight is 298 g/mol. The molecule has 2 N–H and O–H groups in total. The van der Waals surface area contributed by atoms with Crippen LogP contribution >= 0.6 is 11.6 Å². The van der Waals surface area contributed by atoms with Crippen molar-refractivity contribution in [3.63, 3.8) is 0 Å². The second-order valence-corrected chi connectivity index (χ2v) is 5.79. The summed E-state index contributed by atoms with van der Waals surface area (Å²) in [5, 5.41) is 0.622. The summed E-state index contributed by atoms with van der Waals surface area (Å²) >= 11 is 6.36. The van der Waals surface area contributed by atoms with Crippen LogP contribution in [0.5, 0.6) is 11.5 Å². The first-order valence-corrected chi connectivity index (χ1v) is 7.85. The Labute approximate surface area is 126 Å². The molecule has 1 aromatic carbocycles. The Balaban J connectivity index is 2.16. The summed E-state index contributed by atoms with van der Waals surface area (Å²) in [5.74, 6) is 1.40. The van der Waals surface area contributed by atoms with E-state index in [1.54, 1.807) is 7.11 Å². The zero-order valence-corrected chi connectivity index (χ0v) is 12.9. The van der Waals surface area contributed by atoms with Crippen LogP contribution in [-0.4, -0.2) is 19.8 Å². The van der Waals surface area contributed by atoms with Gasteiger partial charge in [0, 0.05) is 0 Å². The van der Waals surface area contributed by atoms with Crippen molar-refractivity contribution in [2.45, 2.75) is 51.0 Å².